The lowest BCUT2D eigenvalue weighted by Gasteiger charge is -2.26. The van der Waals surface area contributed by atoms with E-state index in [1.54, 1.807) is 0 Å². The van der Waals surface area contributed by atoms with E-state index in [0.29, 0.717) is 23.0 Å². The van der Waals surface area contributed by atoms with Crippen molar-refractivity contribution < 1.29 is 0 Å². The molecule has 0 N–H and O–H groups in total. The van der Waals surface area contributed by atoms with Crippen LogP contribution in [-0.2, 0) is 32.5 Å². The summed E-state index contributed by atoms with van der Waals surface area (Å²) in [6.45, 7) is 41.1. The van der Waals surface area contributed by atoms with Crippen molar-refractivity contribution in [1.82, 2.24) is 24.1 Å². The molecule has 0 radical (unpaired) electrons. The van der Waals surface area contributed by atoms with Crippen LogP contribution in [0.4, 0.5) is 0 Å². The van der Waals surface area contributed by atoms with Crippen LogP contribution in [0, 0.1) is 11.3 Å². The molecule has 0 unspecified atom stereocenters. The lowest BCUT2D eigenvalue weighted by Crippen LogP contribution is -2.17. The molecule has 12 aromatic rings. The summed E-state index contributed by atoms with van der Waals surface area (Å²) in [6, 6.07) is 69.7. The van der Waals surface area contributed by atoms with Crippen molar-refractivity contribution in [3.05, 3.63) is 221 Å². The summed E-state index contributed by atoms with van der Waals surface area (Å²) in [6.07, 6.45) is 0. The summed E-state index contributed by atoms with van der Waals surface area (Å²) in [5.41, 5.74) is 20.8. The predicted molar refractivity (Wildman–Crippen MR) is 373 cm³/mol. The summed E-state index contributed by atoms with van der Waals surface area (Å²) in [4.78, 5) is 16.9. The number of fused-ring (bicyclic) bond motifs is 6. The zero-order chi connectivity index (χ0) is 62.8. The van der Waals surface area contributed by atoms with Gasteiger partial charge in [-0.3, -0.25) is 0 Å². The van der Waals surface area contributed by atoms with Gasteiger partial charge in [-0.1, -0.05) is 203 Å². The number of para-hydroxylation sites is 2. The van der Waals surface area contributed by atoms with E-state index in [1.165, 1.54) is 54.9 Å². The Morgan fingerprint density at radius 3 is 0.989 bits per heavy atom. The van der Waals surface area contributed by atoms with Gasteiger partial charge in [-0.05, 0) is 180 Å². The van der Waals surface area contributed by atoms with Crippen molar-refractivity contribution >= 4 is 43.6 Å². The number of hydrogen-bond donors (Lipinski definition) is 0. The minimum Gasteiger partial charge on any atom is -0.309 e. The average molecular weight is 1150 g/mol. The van der Waals surface area contributed by atoms with Gasteiger partial charge in [0.05, 0.1) is 45.1 Å². The highest BCUT2D eigenvalue weighted by Crippen LogP contribution is 2.46. The van der Waals surface area contributed by atoms with Crippen molar-refractivity contribution in [3.63, 3.8) is 0 Å². The first kappa shape index (κ1) is 59.4. The molecule has 0 aliphatic carbocycles. The highest BCUT2D eigenvalue weighted by molar-refractivity contribution is 6.12. The summed E-state index contributed by atoms with van der Waals surface area (Å²) in [7, 11) is 0. The Bertz CT molecular complexity index is 4620. The van der Waals surface area contributed by atoms with Crippen LogP contribution in [0.15, 0.2) is 182 Å². The fourth-order valence-electron chi connectivity index (χ4n) is 12.4. The summed E-state index contributed by atoms with van der Waals surface area (Å²) >= 11 is 0. The second kappa shape index (κ2) is 21.2. The molecule has 0 atom stereocenters. The van der Waals surface area contributed by atoms with Gasteiger partial charge in [-0.25, -0.2) is 15.0 Å². The molecule has 3 aromatic heterocycles. The molecule has 0 aliphatic heterocycles. The molecule has 0 bridgehead atoms. The molecular formula is C82H84N6. The molecule has 0 amide bonds. The first-order chi connectivity index (χ1) is 41.3. The fourth-order valence-corrected chi connectivity index (χ4v) is 12.4. The molecule has 6 heteroatoms. The van der Waals surface area contributed by atoms with E-state index in [-0.39, 0.29) is 32.5 Å². The largest absolute Gasteiger partial charge is 0.309 e. The maximum atomic E-state index is 9.99. The minimum atomic E-state index is -0.140. The van der Waals surface area contributed by atoms with Gasteiger partial charge < -0.3 is 9.13 Å². The van der Waals surface area contributed by atoms with Crippen LogP contribution in [-0.4, -0.2) is 24.1 Å². The maximum absolute atomic E-state index is 9.99. The molecule has 0 spiro atoms. The molecule has 0 aliphatic rings. The summed E-state index contributed by atoms with van der Waals surface area (Å²) in [5.74, 6) is 1.83. The molecule has 12 rings (SSSR count). The molecule has 0 saturated carbocycles. The topological polar surface area (TPSA) is 72.3 Å². The Hall–Kier alpha value is -8.92. The Kier molecular flexibility index (Phi) is 14.3. The van der Waals surface area contributed by atoms with Gasteiger partial charge >= 0.3 is 0 Å². The van der Waals surface area contributed by atoms with Gasteiger partial charge in [-0.15, -0.1) is 0 Å². The monoisotopic (exact) mass is 1150 g/mol. The zero-order valence-corrected chi connectivity index (χ0v) is 55.0. The van der Waals surface area contributed by atoms with Gasteiger partial charge in [0.15, 0.2) is 17.5 Å². The second-order valence-electron chi connectivity index (χ2n) is 30.7. The Balaban J connectivity index is 1.23. The number of rotatable bonds is 7. The molecule has 3 heterocycles. The van der Waals surface area contributed by atoms with Crippen LogP contribution >= 0.6 is 0 Å². The number of benzene rings is 9. The second-order valence-corrected chi connectivity index (χ2v) is 30.7. The van der Waals surface area contributed by atoms with Gasteiger partial charge in [-0.2, -0.15) is 5.26 Å². The van der Waals surface area contributed by atoms with Crippen LogP contribution in [0.25, 0.3) is 111 Å². The van der Waals surface area contributed by atoms with Gasteiger partial charge in [0.25, 0.3) is 0 Å². The lowest BCUT2D eigenvalue weighted by atomic mass is 9.79. The third kappa shape index (κ3) is 11.0. The minimum absolute atomic E-state index is 0.0557. The van der Waals surface area contributed by atoms with Crippen molar-refractivity contribution in [3.8, 4) is 73.9 Å². The number of nitrogens with zero attached hydrogens (tertiary/aromatic N) is 6. The SMILES string of the molecule is CC(C)(C)c1cc(-c2nc(-c3cc(C(C)(C)C)cc(C(C)(C)C)c3)nc(-c3ccc(-n4c5ccccc5c5cc(C(C)(C)C)ccc54)c(-c4cc(-c5ccc(C#N)cc5)ccc4-n4c5ccccc5c5cc(C(C)(C)C)ccc54)c3)n2)cc(C(C)(C)C)c1. The van der Waals surface area contributed by atoms with Crippen molar-refractivity contribution in [2.24, 2.45) is 0 Å². The highest BCUT2D eigenvalue weighted by atomic mass is 15.0. The van der Waals surface area contributed by atoms with Crippen LogP contribution in [0.2, 0.25) is 0 Å². The Morgan fingerprint density at radius 1 is 0.284 bits per heavy atom. The van der Waals surface area contributed by atoms with E-state index in [9.17, 15) is 5.26 Å². The van der Waals surface area contributed by atoms with Crippen LogP contribution in [0.3, 0.4) is 0 Å². The molecule has 442 valence electrons. The smallest absolute Gasteiger partial charge is 0.164 e. The summed E-state index contributed by atoms with van der Waals surface area (Å²) in [5, 5.41) is 14.8. The number of aromatic nitrogens is 5. The van der Waals surface area contributed by atoms with Crippen LogP contribution < -0.4 is 0 Å². The third-order valence-electron chi connectivity index (χ3n) is 17.9. The van der Waals surface area contributed by atoms with E-state index in [0.717, 1.165) is 72.4 Å². The predicted octanol–water partition coefficient (Wildman–Crippen LogP) is 22.1. The van der Waals surface area contributed by atoms with E-state index in [1.807, 2.05) is 12.1 Å². The van der Waals surface area contributed by atoms with E-state index in [2.05, 4.69) is 310 Å². The zero-order valence-electron chi connectivity index (χ0n) is 55.0. The average Bonchev–Trinajstić information content (AvgIpc) is 1.63. The first-order valence-corrected chi connectivity index (χ1v) is 31.3. The van der Waals surface area contributed by atoms with Gasteiger partial charge in [0.2, 0.25) is 0 Å². The lowest BCUT2D eigenvalue weighted by molar-refractivity contribution is 0.568. The fraction of sp³-hybridized carbons (Fsp3) is 0.293. The van der Waals surface area contributed by atoms with Crippen molar-refractivity contribution in [2.45, 2.75) is 157 Å². The van der Waals surface area contributed by atoms with Crippen molar-refractivity contribution in [2.75, 3.05) is 0 Å². The number of hydrogen-bond acceptors (Lipinski definition) is 4. The van der Waals surface area contributed by atoms with Crippen LogP contribution in [0.5, 0.6) is 0 Å². The van der Waals surface area contributed by atoms with E-state index in [4.69, 9.17) is 15.0 Å². The quantitative estimate of drug-likeness (QED) is 0.159. The molecule has 0 fully saturated rings. The van der Waals surface area contributed by atoms with Gasteiger partial charge in [0.1, 0.15) is 0 Å². The molecule has 88 heavy (non-hydrogen) atoms. The third-order valence-corrected chi connectivity index (χ3v) is 17.9. The normalized spacial score (nSPS) is 12.9. The Labute approximate surface area is 522 Å². The highest BCUT2D eigenvalue weighted by Gasteiger charge is 2.29. The number of nitriles is 1. The Morgan fingerprint density at radius 2 is 0.614 bits per heavy atom. The first-order valence-electron chi connectivity index (χ1n) is 31.3. The molecule has 6 nitrogen and oxygen atoms in total. The van der Waals surface area contributed by atoms with Gasteiger partial charge in [0, 0.05) is 49.4 Å². The van der Waals surface area contributed by atoms with E-state index >= 15 is 0 Å². The van der Waals surface area contributed by atoms with E-state index < -0.39 is 0 Å². The molecule has 9 aromatic carbocycles. The maximum Gasteiger partial charge on any atom is 0.164 e. The molecule has 0 saturated heterocycles. The molecular weight excluding hydrogens is 1070 g/mol. The van der Waals surface area contributed by atoms with Crippen LogP contribution in [0.1, 0.15) is 164 Å². The standard InChI is InChI=1S/C82H84N6/c1-77(2,3)56-33-37-72-66(47-56)62-23-19-21-25-68(62)87(72)70-35-31-52(51-29-27-50(49-83)28-30-51)43-64(70)65-44-53(32-36-71(65)88-69-26-22-20-24-63(69)67-48-57(78(4,5)6)34-38-73(67)88)74-84-75(54-39-58(79(7,8)9)45-59(40-54)80(10,11)12)86-76(85-74)55-41-60(81(13,14)15)46-61(42-55)82(16,17)18/h19-48H,1-18H3. The summed E-state index contributed by atoms with van der Waals surface area (Å²) < 4.78 is 4.94. The van der Waals surface area contributed by atoms with Crippen molar-refractivity contribution in [1.29, 1.82) is 5.26 Å².